The first-order chi connectivity index (χ1) is 35.7. The summed E-state index contributed by atoms with van der Waals surface area (Å²) in [5.74, 6) is 0.972. The van der Waals surface area contributed by atoms with Crippen LogP contribution in [-0.2, 0) is 114 Å². The zero-order valence-electron chi connectivity index (χ0n) is 45.3. The molecule has 0 aromatic rings. The smallest absolute Gasteiger partial charge is 0.273 e. The van der Waals surface area contributed by atoms with Crippen LogP contribution in [-0.4, -0.2) is 189 Å². The van der Waals surface area contributed by atoms with Crippen LogP contribution in [0.2, 0.25) is 0 Å². The first-order valence-corrected chi connectivity index (χ1v) is 36.1. The molecule has 0 radical (unpaired) electrons. The van der Waals surface area contributed by atoms with Crippen molar-refractivity contribution in [3.63, 3.8) is 0 Å². The van der Waals surface area contributed by atoms with Gasteiger partial charge in [-0.1, -0.05) is 48.5 Å². The molecule has 18 aliphatic heterocycles. The lowest BCUT2D eigenvalue weighted by Crippen LogP contribution is -2.45. The van der Waals surface area contributed by atoms with Gasteiger partial charge in [-0.15, -0.1) is 0 Å². The van der Waals surface area contributed by atoms with E-state index in [2.05, 4.69) is 0 Å². The van der Waals surface area contributed by atoms with Crippen LogP contribution in [0, 0.1) is 35.0 Å². The van der Waals surface area contributed by atoms with Gasteiger partial charge < -0.3 is 28.4 Å². The largest absolute Gasteiger partial charge is 0.370 e. The van der Waals surface area contributed by atoms with Crippen LogP contribution in [0.25, 0.3) is 0 Å². The van der Waals surface area contributed by atoms with Crippen molar-refractivity contribution in [1.82, 2.24) is 0 Å². The van der Waals surface area contributed by atoms with E-state index in [9.17, 15) is 50.5 Å². The molecule has 0 saturated carbocycles. The fourth-order valence-electron chi connectivity index (χ4n) is 17.1. The van der Waals surface area contributed by atoms with Gasteiger partial charge in [-0.05, 0) is 73.1 Å². The van der Waals surface area contributed by atoms with E-state index in [0.717, 1.165) is 0 Å². The third kappa shape index (κ3) is 7.43. The van der Waals surface area contributed by atoms with Gasteiger partial charge in [-0.25, -0.2) is 0 Å². The summed E-state index contributed by atoms with van der Waals surface area (Å²) in [7, 11) is -20.0. The van der Waals surface area contributed by atoms with Gasteiger partial charge in [0, 0.05) is 35.0 Å². The molecule has 24 nitrogen and oxygen atoms in total. The maximum absolute atomic E-state index is 11.7. The molecule has 0 aromatic heterocycles. The lowest BCUT2D eigenvalue weighted by molar-refractivity contribution is -0.0428. The Morgan fingerprint density at radius 3 is 1.50 bits per heavy atom. The monoisotopic (exact) mass is 1220 g/mol. The van der Waals surface area contributed by atoms with Crippen LogP contribution in [0.1, 0.15) is 122 Å². The lowest BCUT2D eigenvalue weighted by atomic mass is 9.74. The Balaban J connectivity index is 0.0000000890. The van der Waals surface area contributed by atoms with Gasteiger partial charge in [0.15, 0.2) is 0 Å². The minimum atomic E-state index is -3.39. The number of hydrogen-bond acceptors (Lipinski definition) is 24. The molecule has 18 aliphatic rings. The summed E-state index contributed by atoms with van der Waals surface area (Å²) in [5, 5.41) is -2.45. The second-order valence-electron chi connectivity index (χ2n) is 26.9. The molecule has 0 aliphatic carbocycles. The van der Waals surface area contributed by atoms with E-state index >= 15 is 0 Å². The van der Waals surface area contributed by atoms with E-state index in [1.54, 1.807) is 0 Å². The van der Waals surface area contributed by atoms with Gasteiger partial charge in [-0.2, -0.15) is 50.5 Å². The Hall–Kier alpha value is -0.780. The van der Waals surface area contributed by atoms with Gasteiger partial charge in [-0.3, -0.25) is 25.1 Å². The highest BCUT2D eigenvalue weighted by atomic mass is 32.2. The predicted octanol–water partition coefficient (Wildman–Crippen LogP) is 1.69. The third-order valence-electron chi connectivity index (χ3n) is 22.4. The van der Waals surface area contributed by atoms with Crippen molar-refractivity contribution in [2.45, 2.75) is 260 Å². The molecule has 0 aromatic carbocycles. The molecule has 18 fully saturated rings. The van der Waals surface area contributed by atoms with E-state index < -0.39 is 104 Å². The Morgan fingerprint density at radius 1 is 0.372 bits per heavy atom. The quantitative estimate of drug-likeness (QED) is 0.312. The molecule has 18 saturated heterocycles. The van der Waals surface area contributed by atoms with Gasteiger partial charge in [0.2, 0.25) is 0 Å². The SMILES string of the molecule is CC1(C)C2CC3C(O2)C1OS3(=O)=O.CC1C2CC3C(C)(O2)C1OS3(=O)=O.CC1C2CC3C(O2)C1(C)OS3(=O)=O.CC1C2CC3C(O2)C1OS3(=O)=O.CC1C2OS(=O)(=O)C3CC1(C)OC23.CC1C2OS(=O)(=O)C3CC1(C)OC23C. The van der Waals surface area contributed by atoms with Crippen LogP contribution in [0.3, 0.4) is 0 Å². The van der Waals surface area contributed by atoms with Crippen molar-refractivity contribution in [2.75, 3.05) is 0 Å². The van der Waals surface area contributed by atoms with Crippen molar-refractivity contribution in [3.05, 3.63) is 0 Å². The fourth-order valence-corrected chi connectivity index (χ4v) is 28.3. The summed E-state index contributed by atoms with van der Waals surface area (Å²) in [4.78, 5) is 0. The van der Waals surface area contributed by atoms with Crippen LogP contribution in [0.4, 0.5) is 0 Å². The zero-order chi connectivity index (χ0) is 56.6. The van der Waals surface area contributed by atoms with Gasteiger partial charge >= 0.3 is 0 Å². The van der Waals surface area contributed by atoms with Crippen molar-refractivity contribution in [3.8, 4) is 0 Å². The Bertz CT molecular complexity index is 3260. The van der Waals surface area contributed by atoms with Crippen LogP contribution in [0.5, 0.6) is 0 Å². The molecule has 18 rings (SSSR count). The minimum absolute atomic E-state index is 0.0600. The molecular formula is C48H72O24S6. The summed E-state index contributed by atoms with van der Waals surface area (Å²) in [6.45, 7) is 23.6. The molecule has 0 amide bonds. The molecule has 18 heterocycles. The van der Waals surface area contributed by atoms with Crippen LogP contribution in [0.15, 0.2) is 0 Å². The average Bonchev–Trinajstić information content (AvgIpc) is 4.38. The Morgan fingerprint density at radius 2 is 0.962 bits per heavy atom. The van der Waals surface area contributed by atoms with E-state index in [0.29, 0.717) is 38.5 Å². The molecule has 12 bridgehead atoms. The molecule has 444 valence electrons. The Kier molecular flexibility index (Phi) is 12.0. The third-order valence-corrected chi connectivity index (χ3v) is 32.8. The summed E-state index contributed by atoms with van der Waals surface area (Å²) < 4.78 is 202. The topological polar surface area (TPSA) is 316 Å². The number of hydrogen-bond donors (Lipinski definition) is 0. The van der Waals surface area contributed by atoms with Crippen LogP contribution < -0.4 is 0 Å². The maximum Gasteiger partial charge on any atom is 0.273 e. The lowest BCUT2D eigenvalue weighted by Gasteiger charge is -2.28. The number of rotatable bonds is 0. The molecule has 30 heteroatoms. The van der Waals surface area contributed by atoms with Crippen molar-refractivity contribution >= 4 is 60.7 Å². The van der Waals surface area contributed by atoms with E-state index in [1.807, 2.05) is 83.1 Å². The summed E-state index contributed by atoms with van der Waals surface area (Å²) in [6.07, 6.45) is 1.96. The second kappa shape index (κ2) is 16.6. The normalized spacial score (nSPS) is 60.5. The van der Waals surface area contributed by atoms with Gasteiger partial charge in [0.05, 0.1) is 35.6 Å². The second-order valence-corrected chi connectivity index (χ2v) is 37.5. The molecule has 29 unspecified atom stereocenters. The molecular weight excluding hydrogens is 1150 g/mol. The highest BCUT2D eigenvalue weighted by molar-refractivity contribution is 7.89. The van der Waals surface area contributed by atoms with Crippen LogP contribution >= 0.6 is 0 Å². The van der Waals surface area contributed by atoms with Crippen molar-refractivity contribution in [2.24, 2.45) is 35.0 Å². The van der Waals surface area contributed by atoms with E-state index in [-0.39, 0.29) is 131 Å². The summed E-state index contributed by atoms with van der Waals surface area (Å²) >= 11 is 0. The molecule has 0 spiro atoms. The van der Waals surface area contributed by atoms with Crippen molar-refractivity contribution < 1.29 is 104 Å². The highest BCUT2D eigenvalue weighted by Gasteiger charge is 2.77. The van der Waals surface area contributed by atoms with E-state index in [1.165, 1.54) is 0 Å². The molecule has 0 N–H and O–H groups in total. The number of ether oxygens (including phenoxy) is 6. The predicted molar refractivity (Wildman–Crippen MR) is 268 cm³/mol. The average molecular weight is 1230 g/mol. The fraction of sp³-hybridized carbons (Fsp3) is 1.00. The first kappa shape index (κ1) is 56.4. The number of fused-ring (bicyclic) bond motifs is 6. The highest BCUT2D eigenvalue weighted by Crippen LogP contribution is 2.63. The maximum atomic E-state index is 11.7. The molecule has 78 heavy (non-hydrogen) atoms. The first-order valence-electron chi connectivity index (χ1n) is 27.2. The Labute approximate surface area is 457 Å². The zero-order valence-corrected chi connectivity index (χ0v) is 50.2. The summed E-state index contributed by atoms with van der Waals surface area (Å²) in [5.41, 5.74) is -2.50. The van der Waals surface area contributed by atoms with Gasteiger partial charge in [0.1, 0.15) is 103 Å². The minimum Gasteiger partial charge on any atom is -0.370 e. The van der Waals surface area contributed by atoms with Crippen molar-refractivity contribution in [1.29, 1.82) is 0 Å². The van der Waals surface area contributed by atoms with Gasteiger partial charge in [0.25, 0.3) is 60.7 Å². The van der Waals surface area contributed by atoms with E-state index in [4.69, 9.17) is 53.5 Å². The standard InChI is InChI=1S/C9H14O4S.4C8H12O4S.C7H10O4S/c1-5-7-9(3)6(14(10,11)12-7)4-8(5,2)13-9;1-8(2)5-3-4-6(11-5)7(8)12-13(4,9)10;1-4-6-7-5(13(9,10)12-6)3-8(4,2)11-7;1-4-5-3-6-7(11-5)8(4,2)12-13(6,9)10;1-4-5-3-6-8(2,11-5)7(4)12-13(6,9)10;1-3-4-2-5-7(10-4)6(3)11-12(5,8)9/h5-7H,4H2,1-3H3;4*4-7H,3H2,1-2H3;3-7H,2H2,1H3. The molecule has 29 atom stereocenters. The summed E-state index contributed by atoms with van der Waals surface area (Å²) in [6, 6.07) is 0.